The number of carbonyl (C=O) groups excluding carboxylic acids is 3. The number of anilines is 2. The Balaban J connectivity index is 1.29. The van der Waals surface area contributed by atoms with Gasteiger partial charge in [0.2, 0.25) is 5.91 Å². The topological polar surface area (TPSA) is 82.2 Å². The molecule has 0 aliphatic carbocycles. The molecule has 1 fully saturated rings. The number of ether oxygens (including phenoxy) is 1. The fraction of sp³-hybridized carbons (Fsp3) is 0.233. The number of hydrogen-bond acceptors (Lipinski definition) is 5. The van der Waals surface area contributed by atoms with E-state index in [9.17, 15) is 14.4 Å². The first-order valence-corrected chi connectivity index (χ1v) is 12.5. The first kappa shape index (κ1) is 26.5. The zero-order valence-electron chi connectivity index (χ0n) is 21.5. The maximum absolute atomic E-state index is 12.8. The second-order valence-electron chi connectivity index (χ2n) is 8.94. The van der Waals surface area contributed by atoms with Gasteiger partial charge in [-0.3, -0.25) is 14.4 Å². The van der Waals surface area contributed by atoms with E-state index in [1.807, 2.05) is 35.2 Å². The summed E-state index contributed by atoms with van der Waals surface area (Å²) in [6.07, 6.45) is 1.60. The highest BCUT2D eigenvalue weighted by molar-refractivity contribution is 5.99. The molecule has 196 valence electrons. The number of nitrogens with one attached hydrogen (secondary N) is 1. The van der Waals surface area contributed by atoms with Crippen molar-refractivity contribution in [3.63, 3.8) is 0 Å². The maximum atomic E-state index is 12.8. The van der Waals surface area contributed by atoms with Crippen molar-refractivity contribution in [2.24, 2.45) is 0 Å². The highest BCUT2D eigenvalue weighted by Gasteiger charge is 2.23. The molecule has 8 heteroatoms. The molecular weight excluding hydrogens is 480 g/mol. The Labute approximate surface area is 223 Å². The Morgan fingerprint density at radius 3 is 2.16 bits per heavy atom. The largest absolute Gasteiger partial charge is 0.497 e. The molecule has 3 aromatic rings. The fourth-order valence-electron chi connectivity index (χ4n) is 4.35. The highest BCUT2D eigenvalue weighted by atomic mass is 16.5. The molecule has 0 unspecified atom stereocenters. The van der Waals surface area contributed by atoms with Gasteiger partial charge in [-0.25, -0.2) is 0 Å². The van der Waals surface area contributed by atoms with Gasteiger partial charge in [0.25, 0.3) is 11.8 Å². The van der Waals surface area contributed by atoms with Crippen molar-refractivity contribution in [2.45, 2.75) is 0 Å². The van der Waals surface area contributed by atoms with Crippen molar-refractivity contribution in [1.82, 2.24) is 9.80 Å². The minimum Gasteiger partial charge on any atom is -0.497 e. The van der Waals surface area contributed by atoms with Crippen LogP contribution in [0.25, 0.3) is 0 Å². The average Bonchev–Trinajstić information content (AvgIpc) is 2.97. The molecule has 1 heterocycles. The lowest BCUT2D eigenvalue weighted by Gasteiger charge is -2.36. The van der Waals surface area contributed by atoms with Gasteiger partial charge in [0.15, 0.2) is 0 Å². The van der Waals surface area contributed by atoms with E-state index in [-0.39, 0.29) is 30.8 Å². The number of hydrogen-bond donors (Lipinski definition) is 1. The third kappa shape index (κ3) is 6.59. The predicted molar refractivity (Wildman–Crippen MR) is 149 cm³/mol. The minimum absolute atomic E-state index is 0.0154. The predicted octanol–water partition coefficient (Wildman–Crippen LogP) is 3.92. The molecule has 8 nitrogen and oxygen atoms in total. The summed E-state index contributed by atoms with van der Waals surface area (Å²) in [5.41, 5.74) is 2.85. The SMILES string of the molecule is C=CCN(CC(=O)Nc1ccc(N2CCN(C(=O)c3ccc(OC)cc3)CC2)cc1)C(=O)c1ccccc1. The van der Waals surface area contributed by atoms with E-state index in [4.69, 9.17) is 4.74 Å². The van der Waals surface area contributed by atoms with E-state index in [0.29, 0.717) is 43.0 Å². The van der Waals surface area contributed by atoms with E-state index in [0.717, 1.165) is 11.4 Å². The van der Waals surface area contributed by atoms with Gasteiger partial charge in [-0.05, 0) is 60.7 Å². The van der Waals surface area contributed by atoms with E-state index in [2.05, 4.69) is 16.8 Å². The maximum Gasteiger partial charge on any atom is 0.254 e. The van der Waals surface area contributed by atoms with Crippen molar-refractivity contribution in [1.29, 1.82) is 0 Å². The van der Waals surface area contributed by atoms with Crippen molar-refractivity contribution in [3.05, 3.63) is 103 Å². The molecule has 1 N–H and O–H groups in total. The molecule has 0 radical (unpaired) electrons. The van der Waals surface area contributed by atoms with Crippen LogP contribution in [-0.2, 0) is 4.79 Å². The summed E-state index contributed by atoms with van der Waals surface area (Å²) < 4.78 is 5.17. The third-order valence-corrected chi connectivity index (χ3v) is 6.41. The Morgan fingerprint density at radius 1 is 0.895 bits per heavy atom. The van der Waals surface area contributed by atoms with Crippen LogP contribution in [0.15, 0.2) is 91.5 Å². The average molecular weight is 513 g/mol. The zero-order valence-corrected chi connectivity index (χ0v) is 21.5. The summed E-state index contributed by atoms with van der Waals surface area (Å²) in [6.45, 7) is 6.57. The number of benzene rings is 3. The van der Waals surface area contributed by atoms with Gasteiger partial charge in [0.1, 0.15) is 12.3 Å². The van der Waals surface area contributed by atoms with Crippen LogP contribution in [-0.4, -0.2) is 73.9 Å². The normalized spacial score (nSPS) is 13.0. The van der Waals surface area contributed by atoms with Gasteiger partial charge in [0.05, 0.1) is 7.11 Å². The third-order valence-electron chi connectivity index (χ3n) is 6.41. The van der Waals surface area contributed by atoms with Gasteiger partial charge in [0, 0.05) is 55.2 Å². The van der Waals surface area contributed by atoms with Gasteiger partial charge in [-0.2, -0.15) is 0 Å². The van der Waals surface area contributed by atoms with Gasteiger partial charge in [-0.1, -0.05) is 24.3 Å². The lowest BCUT2D eigenvalue weighted by Crippen LogP contribution is -2.48. The van der Waals surface area contributed by atoms with Gasteiger partial charge >= 0.3 is 0 Å². The molecule has 3 aromatic carbocycles. The van der Waals surface area contributed by atoms with Crippen LogP contribution in [0.4, 0.5) is 11.4 Å². The first-order valence-electron chi connectivity index (χ1n) is 12.5. The second-order valence-corrected chi connectivity index (χ2v) is 8.94. The molecule has 0 atom stereocenters. The molecule has 1 aliphatic heterocycles. The van der Waals surface area contributed by atoms with Crippen LogP contribution in [0.2, 0.25) is 0 Å². The quantitative estimate of drug-likeness (QED) is 0.440. The van der Waals surface area contributed by atoms with Crippen LogP contribution in [0.1, 0.15) is 20.7 Å². The molecule has 0 aromatic heterocycles. The summed E-state index contributed by atoms with van der Waals surface area (Å²) in [6, 6.07) is 23.6. The van der Waals surface area contributed by atoms with Gasteiger partial charge < -0.3 is 24.8 Å². The summed E-state index contributed by atoms with van der Waals surface area (Å²) in [5, 5.41) is 2.87. The molecular formula is C30H32N4O4. The first-order chi connectivity index (χ1) is 18.5. The van der Waals surface area contributed by atoms with Crippen LogP contribution < -0.4 is 15.0 Å². The summed E-state index contributed by atoms with van der Waals surface area (Å²) in [5.74, 6) is 0.234. The molecule has 1 aliphatic rings. The van der Waals surface area contributed by atoms with Crippen LogP contribution in [0, 0.1) is 0 Å². The van der Waals surface area contributed by atoms with E-state index in [1.165, 1.54) is 4.90 Å². The standard InChI is InChI=1S/C30H32N4O4/c1-3-17-34(30(37)23-7-5-4-6-8-23)22-28(35)31-25-11-13-26(14-12-25)32-18-20-33(21-19-32)29(36)24-9-15-27(38-2)16-10-24/h3-16H,1,17-22H2,2H3,(H,31,35). The molecule has 0 saturated carbocycles. The van der Waals surface area contributed by atoms with E-state index in [1.54, 1.807) is 61.7 Å². The van der Waals surface area contributed by atoms with Crippen LogP contribution >= 0.6 is 0 Å². The number of methoxy groups -OCH3 is 1. The number of carbonyl (C=O) groups is 3. The van der Waals surface area contributed by atoms with Gasteiger partial charge in [-0.15, -0.1) is 6.58 Å². The van der Waals surface area contributed by atoms with E-state index >= 15 is 0 Å². The van der Waals surface area contributed by atoms with Crippen molar-refractivity contribution < 1.29 is 19.1 Å². The Bertz CT molecular complexity index is 1250. The van der Waals surface area contributed by atoms with Crippen LogP contribution in [0.5, 0.6) is 5.75 Å². The minimum atomic E-state index is -0.283. The molecule has 0 bridgehead atoms. The number of amides is 3. The Hall–Kier alpha value is -4.59. The van der Waals surface area contributed by atoms with Crippen molar-refractivity contribution in [2.75, 3.05) is 56.6 Å². The lowest BCUT2D eigenvalue weighted by atomic mass is 10.1. The molecule has 38 heavy (non-hydrogen) atoms. The number of nitrogens with zero attached hydrogens (tertiary/aromatic N) is 3. The van der Waals surface area contributed by atoms with Crippen LogP contribution in [0.3, 0.4) is 0 Å². The Morgan fingerprint density at radius 2 is 1.55 bits per heavy atom. The van der Waals surface area contributed by atoms with E-state index < -0.39 is 0 Å². The highest BCUT2D eigenvalue weighted by Crippen LogP contribution is 2.21. The summed E-state index contributed by atoms with van der Waals surface area (Å²) in [4.78, 5) is 43.8. The number of piperazine rings is 1. The van der Waals surface area contributed by atoms with Crippen molar-refractivity contribution >= 4 is 29.1 Å². The van der Waals surface area contributed by atoms with Crippen molar-refractivity contribution in [3.8, 4) is 5.75 Å². The molecule has 3 amide bonds. The lowest BCUT2D eigenvalue weighted by molar-refractivity contribution is -0.116. The summed E-state index contributed by atoms with van der Waals surface area (Å²) >= 11 is 0. The fourth-order valence-corrected chi connectivity index (χ4v) is 4.35. The zero-order chi connectivity index (χ0) is 26.9. The Kier molecular flexibility index (Phi) is 8.77. The molecule has 0 spiro atoms. The smallest absolute Gasteiger partial charge is 0.254 e. The monoisotopic (exact) mass is 512 g/mol. The second kappa shape index (κ2) is 12.6. The molecule has 4 rings (SSSR count). The summed E-state index contributed by atoms with van der Waals surface area (Å²) in [7, 11) is 1.60. The molecule has 1 saturated heterocycles. The number of rotatable bonds is 9.